The van der Waals surface area contributed by atoms with Crippen molar-refractivity contribution in [3.8, 4) is 0 Å². The van der Waals surface area contributed by atoms with Crippen LogP contribution in [0.2, 0.25) is 0 Å². The van der Waals surface area contributed by atoms with Crippen LogP contribution in [0.25, 0.3) is 10.8 Å². The van der Waals surface area contributed by atoms with Gasteiger partial charge in [0.2, 0.25) is 0 Å². The number of ether oxygens (including phenoxy) is 2. The Bertz CT molecular complexity index is 1400. The Hall–Kier alpha value is -2.60. The maximum absolute atomic E-state index is 13.4. The van der Waals surface area contributed by atoms with E-state index in [1.807, 2.05) is 6.08 Å². The van der Waals surface area contributed by atoms with Gasteiger partial charge in [-0.25, -0.2) is 9.59 Å². The van der Waals surface area contributed by atoms with Crippen molar-refractivity contribution in [2.45, 2.75) is 76.9 Å². The highest BCUT2D eigenvalue weighted by Gasteiger charge is 2.64. The fourth-order valence-electron chi connectivity index (χ4n) is 8.60. The first-order chi connectivity index (χ1) is 18.7. The van der Waals surface area contributed by atoms with E-state index in [-0.39, 0.29) is 22.8 Å². The molecule has 8 rings (SSSR count). The molecule has 2 aromatic rings. The minimum Gasteiger partial charge on any atom is -0.418 e. The summed E-state index contributed by atoms with van der Waals surface area (Å²) in [6.45, 7) is 7.52. The Labute approximate surface area is 238 Å². The number of halogens is 1. The van der Waals surface area contributed by atoms with Gasteiger partial charge < -0.3 is 14.4 Å². The lowest BCUT2D eigenvalue weighted by Gasteiger charge is -2.59. The third-order valence-corrected chi connectivity index (χ3v) is 10.7. The number of benzene rings is 2. The number of allylic oxidation sites excluding steroid dienone is 3. The monoisotopic (exact) mass is 589 g/mol. The van der Waals surface area contributed by atoms with Gasteiger partial charge in [0.25, 0.3) is 5.79 Å². The predicted octanol–water partition coefficient (Wildman–Crippen LogP) is 7.56. The third-order valence-electron chi connectivity index (χ3n) is 10.2. The van der Waals surface area contributed by atoms with Gasteiger partial charge in [-0.3, -0.25) is 0 Å². The number of fused-ring (bicyclic) bond motifs is 3. The Morgan fingerprint density at radius 1 is 0.949 bits per heavy atom. The quantitative estimate of drug-likeness (QED) is 0.209. The Morgan fingerprint density at radius 2 is 1.62 bits per heavy atom. The molecule has 0 amide bonds. The molecule has 39 heavy (non-hydrogen) atoms. The highest BCUT2D eigenvalue weighted by atomic mass is 79.9. The number of carbonyl (C=O) groups excluding carboxylic acids is 2. The first kappa shape index (κ1) is 25.4. The summed E-state index contributed by atoms with van der Waals surface area (Å²) in [5, 5.41) is 2.41. The van der Waals surface area contributed by atoms with Crippen LogP contribution in [-0.2, 0) is 24.5 Å². The molecule has 0 radical (unpaired) electrons. The summed E-state index contributed by atoms with van der Waals surface area (Å²) >= 11 is 3.61. The van der Waals surface area contributed by atoms with Crippen molar-refractivity contribution in [2.75, 3.05) is 11.4 Å². The SMILES string of the molecule is CCCCN1C(=CC=C2C(=O)OC3(OC2=O)C2CC4CC(C2)CC3C4)C(C)(C)c2c1ccc1cc(Br)ccc21. The summed E-state index contributed by atoms with van der Waals surface area (Å²) in [5.41, 5.74) is 3.21. The van der Waals surface area contributed by atoms with Gasteiger partial charge in [-0.2, -0.15) is 0 Å². The molecule has 204 valence electrons. The summed E-state index contributed by atoms with van der Waals surface area (Å²) in [5.74, 6) is -0.441. The molecule has 0 unspecified atom stereocenters. The highest BCUT2D eigenvalue weighted by molar-refractivity contribution is 9.10. The van der Waals surface area contributed by atoms with Crippen molar-refractivity contribution in [1.82, 2.24) is 0 Å². The maximum Gasteiger partial charge on any atom is 0.348 e. The number of nitrogens with zero attached hydrogens (tertiary/aromatic N) is 1. The van der Waals surface area contributed by atoms with Gasteiger partial charge in [-0.05, 0) is 97.0 Å². The van der Waals surface area contributed by atoms with Gasteiger partial charge in [0.1, 0.15) is 5.57 Å². The Kier molecular flexibility index (Phi) is 5.83. The highest BCUT2D eigenvalue weighted by Crippen LogP contribution is 2.61. The summed E-state index contributed by atoms with van der Waals surface area (Å²) in [6.07, 6.45) is 11.0. The van der Waals surface area contributed by atoms with Crippen LogP contribution in [0.4, 0.5) is 5.69 Å². The Balaban J connectivity index is 1.25. The standard InChI is InChI=1S/C33H36BrNO4/c1-4-5-12-35-27-10-6-21-18-24(34)7-8-25(21)29(27)32(2,3)28(35)11-9-26-30(36)38-33(39-31(26)37)22-14-19-13-20(16-22)17-23(33)15-19/h6-11,18-20,22-23H,4-5,12-17H2,1-3H3. The van der Waals surface area contributed by atoms with Gasteiger partial charge in [0.15, 0.2) is 0 Å². The zero-order valence-corrected chi connectivity index (χ0v) is 24.6. The van der Waals surface area contributed by atoms with Crippen LogP contribution >= 0.6 is 15.9 Å². The molecule has 0 aromatic heterocycles. The molecule has 6 heteroatoms. The van der Waals surface area contributed by atoms with Crippen molar-refractivity contribution in [1.29, 1.82) is 0 Å². The van der Waals surface area contributed by atoms with Crippen molar-refractivity contribution in [3.05, 3.63) is 63.8 Å². The van der Waals surface area contributed by atoms with Crippen LogP contribution in [0.5, 0.6) is 0 Å². The van der Waals surface area contributed by atoms with Crippen LogP contribution in [0.15, 0.2) is 58.2 Å². The topological polar surface area (TPSA) is 55.8 Å². The first-order valence-electron chi connectivity index (χ1n) is 14.6. The fourth-order valence-corrected chi connectivity index (χ4v) is 8.98. The van der Waals surface area contributed by atoms with E-state index in [9.17, 15) is 9.59 Å². The molecule has 1 saturated heterocycles. The average Bonchev–Trinajstić information content (AvgIpc) is 3.10. The smallest absolute Gasteiger partial charge is 0.348 e. The number of carbonyl (C=O) groups is 2. The number of rotatable bonds is 4. The minimum atomic E-state index is -1.05. The molecule has 5 nitrogen and oxygen atoms in total. The zero-order valence-electron chi connectivity index (χ0n) is 23.0. The van der Waals surface area contributed by atoms with Crippen LogP contribution in [0.3, 0.4) is 0 Å². The van der Waals surface area contributed by atoms with E-state index in [4.69, 9.17) is 9.47 Å². The van der Waals surface area contributed by atoms with E-state index in [0.717, 1.165) is 55.2 Å². The molecule has 2 aliphatic heterocycles. The second-order valence-corrected chi connectivity index (χ2v) is 13.8. The lowest BCUT2D eigenvalue weighted by atomic mass is 9.53. The van der Waals surface area contributed by atoms with Crippen molar-refractivity contribution in [2.24, 2.45) is 23.7 Å². The van der Waals surface area contributed by atoms with Crippen molar-refractivity contribution < 1.29 is 19.1 Å². The molecule has 0 N–H and O–H groups in total. The van der Waals surface area contributed by atoms with E-state index < -0.39 is 17.7 Å². The van der Waals surface area contributed by atoms with E-state index in [1.165, 1.54) is 28.4 Å². The van der Waals surface area contributed by atoms with Gasteiger partial charge in [-0.15, -0.1) is 0 Å². The lowest BCUT2D eigenvalue weighted by molar-refractivity contribution is -0.313. The summed E-state index contributed by atoms with van der Waals surface area (Å²) in [7, 11) is 0. The molecule has 6 aliphatic rings. The number of hydrogen-bond donors (Lipinski definition) is 0. The van der Waals surface area contributed by atoms with Gasteiger partial charge >= 0.3 is 11.9 Å². The molecule has 0 atom stereocenters. The largest absolute Gasteiger partial charge is 0.418 e. The molecular formula is C33H36BrNO4. The summed E-state index contributed by atoms with van der Waals surface area (Å²) in [4.78, 5) is 29.2. The number of hydrogen-bond acceptors (Lipinski definition) is 5. The first-order valence-corrected chi connectivity index (χ1v) is 15.4. The zero-order chi connectivity index (χ0) is 27.1. The maximum atomic E-state index is 13.4. The van der Waals surface area contributed by atoms with Gasteiger partial charge in [0, 0.05) is 39.7 Å². The summed E-state index contributed by atoms with van der Waals surface area (Å²) < 4.78 is 13.3. The normalized spacial score (nSPS) is 33.2. The van der Waals surface area contributed by atoms with E-state index in [2.05, 4.69) is 71.9 Å². The lowest BCUT2D eigenvalue weighted by Crippen LogP contribution is -2.63. The van der Waals surface area contributed by atoms with Crippen LogP contribution in [-0.4, -0.2) is 24.3 Å². The number of unbranched alkanes of at least 4 members (excludes halogenated alkanes) is 1. The van der Waals surface area contributed by atoms with Crippen LogP contribution < -0.4 is 4.90 Å². The molecular weight excluding hydrogens is 554 g/mol. The molecule has 2 aromatic carbocycles. The van der Waals surface area contributed by atoms with E-state index in [1.54, 1.807) is 6.08 Å². The molecule has 4 saturated carbocycles. The number of esters is 2. The van der Waals surface area contributed by atoms with Crippen molar-refractivity contribution >= 4 is 44.3 Å². The van der Waals surface area contributed by atoms with Crippen LogP contribution in [0.1, 0.15) is 71.3 Å². The van der Waals surface area contributed by atoms with E-state index >= 15 is 0 Å². The fraction of sp³-hybridized carbons (Fsp3) is 0.515. The van der Waals surface area contributed by atoms with Gasteiger partial charge in [0.05, 0.1) is 0 Å². The summed E-state index contributed by atoms with van der Waals surface area (Å²) in [6, 6.07) is 10.8. The Morgan fingerprint density at radius 3 is 2.26 bits per heavy atom. The molecule has 1 spiro atoms. The molecule has 4 aliphatic carbocycles. The van der Waals surface area contributed by atoms with Crippen LogP contribution in [0, 0.1) is 23.7 Å². The number of anilines is 1. The van der Waals surface area contributed by atoms with Gasteiger partial charge in [-0.1, -0.05) is 55.3 Å². The molecule has 4 bridgehead atoms. The van der Waals surface area contributed by atoms with E-state index in [0.29, 0.717) is 11.8 Å². The second-order valence-electron chi connectivity index (χ2n) is 12.9. The van der Waals surface area contributed by atoms with Crippen molar-refractivity contribution in [3.63, 3.8) is 0 Å². The molecule has 2 heterocycles. The average molecular weight is 591 g/mol. The minimum absolute atomic E-state index is 0.00193. The molecule has 5 fully saturated rings. The second kappa shape index (κ2) is 8.95. The third kappa shape index (κ3) is 3.77. The predicted molar refractivity (Wildman–Crippen MR) is 155 cm³/mol.